The average Bonchev–Trinajstić information content (AvgIpc) is 2.26. The van der Waals surface area contributed by atoms with Crippen molar-refractivity contribution in [3.05, 3.63) is 23.4 Å². The van der Waals surface area contributed by atoms with Crippen LogP contribution in [0, 0.1) is 18.3 Å². The van der Waals surface area contributed by atoms with Crippen LogP contribution in [0.15, 0.2) is 12.1 Å². The number of nitrogens with zero attached hydrogens (tertiary/aromatic N) is 2. The van der Waals surface area contributed by atoms with Gasteiger partial charge in [0, 0.05) is 18.8 Å². The molecule has 0 bridgehead atoms. The highest BCUT2D eigenvalue weighted by Gasteiger charge is 2.01. The van der Waals surface area contributed by atoms with Crippen LogP contribution in [0.2, 0.25) is 0 Å². The Morgan fingerprint density at radius 3 is 2.72 bits per heavy atom. The maximum absolute atomic E-state index is 10.8. The maximum atomic E-state index is 10.8. The minimum Gasteiger partial charge on any atom is -0.370 e. The number of hydrogen-bond donors (Lipinski definition) is 2. The number of anilines is 1. The molecule has 6 nitrogen and oxygen atoms in total. The molecule has 0 aromatic carbocycles. The molecule has 0 fully saturated rings. The summed E-state index contributed by atoms with van der Waals surface area (Å²) >= 11 is 0. The van der Waals surface area contributed by atoms with Crippen molar-refractivity contribution in [3.8, 4) is 6.07 Å². The van der Waals surface area contributed by atoms with Crippen LogP contribution in [0.25, 0.3) is 0 Å². The van der Waals surface area contributed by atoms with E-state index in [0.29, 0.717) is 30.9 Å². The Balaban J connectivity index is 2.40. The van der Waals surface area contributed by atoms with Gasteiger partial charge in [0.15, 0.2) is 0 Å². The van der Waals surface area contributed by atoms with Crippen molar-refractivity contribution >= 4 is 15.8 Å². The van der Waals surface area contributed by atoms with Gasteiger partial charge < -0.3 is 5.32 Å². The van der Waals surface area contributed by atoms with E-state index in [0.717, 1.165) is 11.9 Å². The Kier molecular flexibility index (Phi) is 5.07. The molecular formula is C11H16N4O2S. The second-order valence-corrected chi connectivity index (χ2v) is 5.77. The summed E-state index contributed by atoms with van der Waals surface area (Å²) in [6.07, 6.45) is 1.77. The van der Waals surface area contributed by atoms with Gasteiger partial charge in [0.25, 0.3) is 0 Å². The van der Waals surface area contributed by atoms with Crippen LogP contribution in [0.4, 0.5) is 5.82 Å². The molecule has 1 heterocycles. The lowest BCUT2D eigenvalue weighted by molar-refractivity contribution is 0.586. The Labute approximate surface area is 107 Å². The molecule has 0 radical (unpaired) electrons. The molecule has 2 N–H and O–H groups in total. The van der Waals surface area contributed by atoms with Crippen LogP contribution in [0.5, 0.6) is 0 Å². The van der Waals surface area contributed by atoms with Gasteiger partial charge in [0.2, 0.25) is 10.0 Å². The lowest BCUT2D eigenvalue weighted by Gasteiger charge is -2.07. The average molecular weight is 268 g/mol. The highest BCUT2D eigenvalue weighted by Crippen LogP contribution is 2.08. The van der Waals surface area contributed by atoms with E-state index in [1.54, 1.807) is 12.1 Å². The van der Waals surface area contributed by atoms with E-state index in [9.17, 15) is 8.42 Å². The van der Waals surface area contributed by atoms with Crippen molar-refractivity contribution in [2.45, 2.75) is 13.3 Å². The summed E-state index contributed by atoms with van der Waals surface area (Å²) in [6, 6.07) is 5.43. The minimum atomic E-state index is -3.12. The van der Waals surface area contributed by atoms with Gasteiger partial charge in [-0.1, -0.05) is 0 Å². The van der Waals surface area contributed by atoms with Crippen LogP contribution in [-0.2, 0) is 10.0 Å². The maximum Gasteiger partial charge on any atom is 0.208 e. The molecule has 0 atom stereocenters. The summed E-state index contributed by atoms with van der Waals surface area (Å²) in [6.45, 7) is 2.78. The van der Waals surface area contributed by atoms with Crippen molar-refractivity contribution in [2.24, 2.45) is 0 Å². The summed E-state index contributed by atoms with van der Waals surface area (Å²) in [5.74, 6) is 0.630. The van der Waals surface area contributed by atoms with Crippen molar-refractivity contribution < 1.29 is 8.42 Å². The van der Waals surface area contributed by atoms with Crippen LogP contribution in [0.3, 0.4) is 0 Å². The first kappa shape index (κ1) is 14.4. The lowest BCUT2D eigenvalue weighted by atomic mass is 10.2. The van der Waals surface area contributed by atoms with Crippen molar-refractivity contribution in [3.63, 3.8) is 0 Å². The monoisotopic (exact) mass is 268 g/mol. The zero-order valence-corrected chi connectivity index (χ0v) is 11.2. The molecule has 0 spiro atoms. The van der Waals surface area contributed by atoms with Gasteiger partial charge in [-0.3, -0.25) is 0 Å². The standard InChI is InChI=1S/C11H16N4O2S/c1-9-6-10(8-12)7-11(15-9)13-4-3-5-14-18(2,16)17/h6-7,14H,3-5H2,1-2H3,(H,13,15). The predicted molar refractivity (Wildman–Crippen MR) is 69.6 cm³/mol. The molecule has 0 saturated carbocycles. The Morgan fingerprint density at radius 1 is 1.39 bits per heavy atom. The zero-order chi connectivity index (χ0) is 13.6. The highest BCUT2D eigenvalue weighted by atomic mass is 32.2. The molecule has 1 rings (SSSR count). The molecule has 0 unspecified atom stereocenters. The molecule has 18 heavy (non-hydrogen) atoms. The first-order chi connectivity index (χ1) is 8.40. The number of aromatic nitrogens is 1. The third-order valence-electron chi connectivity index (χ3n) is 2.11. The Morgan fingerprint density at radius 2 is 2.11 bits per heavy atom. The lowest BCUT2D eigenvalue weighted by Crippen LogP contribution is -2.24. The summed E-state index contributed by atoms with van der Waals surface area (Å²) < 4.78 is 24.0. The molecule has 7 heteroatoms. The fourth-order valence-corrected chi connectivity index (χ4v) is 1.90. The largest absolute Gasteiger partial charge is 0.370 e. The van der Waals surface area contributed by atoms with Crippen LogP contribution in [-0.4, -0.2) is 32.7 Å². The molecular weight excluding hydrogens is 252 g/mol. The molecule has 0 amide bonds. The van der Waals surface area contributed by atoms with E-state index in [-0.39, 0.29) is 0 Å². The van der Waals surface area contributed by atoms with E-state index in [1.165, 1.54) is 0 Å². The number of pyridine rings is 1. The predicted octanol–water partition coefficient (Wildman–Crippen LogP) is 0.613. The Hall–Kier alpha value is -1.65. The van der Waals surface area contributed by atoms with Gasteiger partial charge in [0.1, 0.15) is 5.82 Å². The molecule has 98 valence electrons. The number of nitrogens with one attached hydrogen (secondary N) is 2. The quantitative estimate of drug-likeness (QED) is 0.737. The number of nitriles is 1. The van der Waals surface area contributed by atoms with Gasteiger partial charge in [-0.2, -0.15) is 5.26 Å². The molecule has 0 aliphatic rings. The van der Waals surface area contributed by atoms with E-state index in [4.69, 9.17) is 5.26 Å². The van der Waals surface area contributed by atoms with Gasteiger partial charge >= 0.3 is 0 Å². The number of aryl methyl sites for hydroxylation is 1. The second-order valence-electron chi connectivity index (χ2n) is 3.94. The normalized spacial score (nSPS) is 10.9. The summed E-state index contributed by atoms with van der Waals surface area (Å²) in [5, 5.41) is 11.9. The van der Waals surface area contributed by atoms with Crippen molar-refractivity contribution in [1.82, 2.24) is 9.71 Å². The van der Waals surface area contributed by atoms with Gasteiger partial charge in [0.05, 0.1) is 17.9 Å². The van der Waals surface area contributed by atoms with Crippen molar-refractivity contribution in [2.75, 3.05) is 24.7 Å². The number of hydrogen-bond acceptors (Lipinski definition) is 5. The number of sulfonamides is 1. The zero-order valence-electron chi connectivity index (χ0n) is 10.4. The minimum absolute atomic E-state index is 0.378. The van der Waals surface area contributed by atoms with E-state index >= 15 is 0 Å². The van der Waals surface area contributed by atoms with Crippen LogP contribution < -0.4 is 10.0 Å². The molecule has 1 aromatic rings. The van der Waals surface area contributed by atoms with Gasteiger partial charge in [-0.15, -0.1) is 0 Å². The topological polar surface area (TPSA) is 94.9 Å². The highest BCUT2D eigenvalue weighted by molar-refractivity contribution is 7.88. The Bertz CT molecular complexity index is 549. The van der Waals surface area contributed by atoms with E-state index in [1.807, 2.05) is 6.92 Å². The smallest absolute Gasteiger partial charge is 0.208 e. The fraction of sp³-hybridized carbons (Fsp3) is 0.455. The SMILES string of the molecule is Cc1cc(C#N)cc(NCCCNS(C)(=O)=O)n1. The van der Waals surface area contributed by atoms with E-state index < -0.39 is 10.0 Å². The summed E-state index contributed by atoms with van der Waals surface area (Å²) in [5.41, 5.74) is 1.32. The number of rotatable bonds is 6. The third-order valence-corrected chi connectivity index (χ3v) is 2.83. The summed E-state index contributed by atoms with van der Waals surface area (Å²) in [7, 11) is -3.12. The van der Waals surface area contributed by atoms with Crippen LogP contribution >= 0.6 is 0 Å². The first-order valence-electron chi connectivity index (χ1n) is 5.48. The molecule has 0 aliphatic heterocycles. The second kappa shape index (κ2) is 6.33. The molecule has 1 aromatic heterocycles. The third kappa shape index (κ3) is 5.61. The van der Waals surface area contributed by atoms with Crippen LogP contribution in [0.1, 0.15) is 17.7 Å². The molecule has 0 saturated heterocycles. The van der Waals surface area contributed by atoms with Gasteiger partial charge in [-0.05, 0) is 25.5 Å². The van der Waals surface area contributed by atoms with E-state index in [2.05, 4.69) is 21.1 Å². The van der Waals surface area contributed by atoms with Crippen molar-refractivity contribution in [1.29, 1.82) is 5.26 Å². The first-order valence-corrected chi connectivity index (χ1v) is 7.37. The molecule has 0 aliphatic carbocycles. The fourth-order valence-electron chi connectivity index (χ4n) is 1.39. The van der Waals surface area contributed by atoms with Gasteiger partial charge in [-0.25, -0.2) is 18.1 Å². The summed E-state index contributed by atoms with van der Waals surface area (Å²) in [4.78, 5) is 4.23.